The highest BCUT2D eigenvalue weighted by Gasteiger charge is 2.70. The number of carbonyl (C=O) groups excluding carboxylic acids is 3. The number of amides is 3. The average molecular weight is 419 g/mol. The van der Waals surface area contributed by atoms with Crippen molar-refractivity contribution in [2.45, 2.75) is 38.0 Å². The summed E-state index contributed by atoms with van der Waals surface area (Å²) in [5.41, 5.74) is 1.92. The number of likely N-dealkylation sites (tertiary alicyclic amines) is 1. The van der Waals surface area contributed by atoms with E-state index in [4.69, 9.17) is 0 Å². The number of aryl methyl sites for hydroxylation is 1. The molecule has 0 aliphatic carbocycles. The van der Waals surface area contributed by atoms with Crippen LogP contribution in [0.5, 0.6) is 0 Å². The molecular weight excluding hydrogens is 394 g/mol. The number of hydrogen-bond acceptors (Lipinski definition) is 5. The monoisotopic (exact) mass is 419 g/mol. The van der Waals surface area contributed by atoms with Crippen molar-refractivity contribution in [3.8, 4) is 0 Å². The van der Waals surface area contributed by atoms with Crippen molar-refractivity contribution in [1.82, 2.24) is 10.2 Å². The Morgan fingerprint density at radius 1 is 1.10 bits per heavy atom. The van der Waals surface area contributed by atoms with E-state index in [-0.39, 0.29) is 24.3 Å². The summed E-state index contributed by atoms with van der Waals surface area (Å²) >= 11 is 0. The van der Waals surface area contributed by atoms with E-state index in [9.17, 15) is 19.5 Å². The maximum absolute atomic E-state index is 13.6. The highest BCUT2D eigenvalue weighted by Crippen LogP contribution is 2.53. The molecule has 3 unspecified atom stereocenters. The first-order chi connectivity index (χ1) is 14.8. The van der Waals surface area contributed by atoms with E-state index in [0.29, 0.717) is 17.7 Å². The maximum atomic E-state index is 13.6. The number of aliphatic hydroxyl groups excluding tert-OH is 1. The number of anilines is 1. The quantitative estimate of drug-likeness (QED) is 0.650. The normalized spacial score (nSPS) is 30.0. The van der Waals surface area contributed by atoms with E-state index in [1.807, 2.05) is 55.5 Å². The number of benzene rings is 2. The van der Waals surface area contributed by atoms with Gasteiger partial charge in [-0.15, -0.1) is 0 Å². The van der Waals surface area contributed by atoms with Crippen LogP contribution in [0.15, 0.2) is 48.5 Å². The lowest BCUT2D eigenvalue weighted by molar-refractivity contribution is -0.143. The topological polar surface area (TPSA) is 98.7 Å². The van der Waals surface area contributed by atoms with Gasteiger partial charge in [0.15, 0.2) is 0 Å². The van der Waals surface area contributed by atoms with Crippen molar-refractivity contribution in [2.75, 3.05) is 11.9 Å². The van der Waals surface area contributed by atoms with Gasteiger partial charge >= 0.3 is 0 Å². The SMILES string of the molecule is Cc1ccc2c(c1)C1(NC(C(C)O)[C@H]3C(=O)N(CCc4ccccc4)C(=O)[C@H]31)C(=O)N2. The van der Waals surface area contributed by atoms with E-state index < -0.39 is 29.5 Å². The lowest BCUT2D eigenvalue weighted by Crippen LogP contribution is -2.55. The number of fused-ring (bicyclic) bond motifs is 4. The molecule has 2 fully saturated rings. The number of rotatable bonds is 4. The number of imide groups is 1. The van der Waals surface area contributed by atoms with Gasteiger partial charge in [0.2, 0.25) is 17.7 Å². The second-order valence-electron chi connectivity index (χ2n) is 8.79. The summed E-state index contributed by atoms with van der Waals surface area (Å²) in [6.45, 7) is 3.75. The summed E-state index contributed by atoms with van der Waals surface area (Å²) < 4.78 is 0. The molecule has 0 bridgehead atoms. The molecule has 2 saturated heterocycles. The van der Waals surface area contributed by atoms with Crippen LogP contribution in [0.1, 0.15) is 23.6 Å². The molecule has 3 N–H and O–H groups in total. The van der Waals surface area contributed by atoms with Gasteiger partial charge in [-0.2, -0.15) is 0 Å². The van der Waals surface area contributed by atoms with Gasteiger partial charge in [0.1, 0.15) is 5.54 Å². The van der Waals surface area contributed by atoms with Crippen LogP contribution in [0.2, 0.25) is 0 Å². The van der Waals surface area contributed by atoms with Crippen LogP contribution >= 0.6 is 0 Å². The van der Waals surface area contributed by atoms with Gasteiger partial charge in [0, 0.05) is 23.8 Å². The van der Waals surface area contributed by atoms with Crippen LogP contribution in [0.4, 0.5) is 5.69 Å². The summed E-state index contributed by atoms with van der Waals surface area (Å²) in [5, 5.41) is 16.6. The molecule has 1 spiro atoms. The van der Waals surface area contributed by atoms with Gasteiger partial charge in [-0.3, -0.25) is 24.6 Å². The minimum Gasteiger partial charge on any atom is -0.392 e. The summed E-state index contributed by atoms with van der Waals surface area (Å²) in [6.07, 6.45) is -0.362. The molecule has 5 rings (SSSR count). The van der Waals surface area contributed by atoms with Gasteiger partial charge in [0.25, 0.3) is 0 Å². The third-order valence-corrected chi connectivity index (χ3v) is 6.88. The first kappa shape index (κ1) is 19.9. The Balaban J connectivity index is 1.55. The Hall–Kier alpha value is -3.03. The molecule has 0 aromatic heterocycles. The van der Waals surface area contributed by atoms with E-state index >= 15 is 0 Å². The van der Waals surface area contributed by atoms with Crippen molar-refractivity contribution in [3.63, 3.8) is 0 Å². The summed E-state index contributed by atoms with van der Waals surface area (Å²) in [5.74, 6) is -2.71. The highest BCUT2D eigenvalue weighted by atomic mass is 16.3. The van der Waals surface area contributed by atoms with Crippen molar-refractivity contribution >= 4 is 23.4 Å². The van der Waals surface area contributed by atoms with Gasteiger partial charge in [0.05, 0.1) is 17.9 Å². The van der Waals surface area contributed by atoms with E-state index in [2.05, 4.69) is 10.6 Å². The molecule has 7 nitrogen and oxygen atoms in total. The van der Waals surface area contributed by atoms with Gasteiger partial charge in [-0.1, -0.05) is 48.0 Å². The molecule has 7 heteroatoms. The fourth-order valence-corrected chi connectivity index (χ4v) is 5.43. The van der Waals surface area contributed by atoms with E-state index in [1.54, 1.807) is 6.92 Å². The molecule has 31 heavy (non-hydrogen) atoms. The number of nitrogens with zero attached hydrogens (tertiary/aromatic N) is 1. The zero-order valence-corrected chi connectivity index (χ0v) is 17.5. The van der Waals surface area contributed by atoms with Crippen LogP contribution < -0.4 is 10.6 Å². The summed E-state index contributed by atoms with van der Waals surface area (Å²) in [7, 11) is 0. The minimum atomic E-state index is -1.36. The van der Waals surface area contributed by atoms with Crippen LogP contribution in [0.3, 0.4) is 0 Å². The molecule has 160 valence electrons. The van der Waals surface area contributed by atoms with E-state index in [1.165, 1.54) is 4.90 Å². The number of nitrogens with one attached hydrogen (secondary N) is 2. The highest BCUT2D eigenvalue weighted by molar-refractivity contribution is 6.15. The standard InChI is InChI=1S/C24H25N3O4/c1-13-8-9-17-16(12-13)24(23(31)25-17)19-18(20(26-24)14(2)28)21(29)27(22(19)30)11-10-15-6-4-3-5-7-15/h3-9,12,14,18-20,26,28H,10-11H2,1-2H3,(H,25,31)/t14?,18-,19-,20?,24?/m0/s1. The molecule has 5 atom stereocenters. The number of carbonyl (C=O) groups is 3. The third-order valence-electron chi connectivity index (χ3n) is 6.88. The lowest BCUT2D eigenvalue weighted by atomic mass is 9.76. The molecule has 3 amide bonds. The van der Waals surface area contributed by atoms with Gasteiger partial charge in [-0.05, 0) is 31.9 Å². The molecular formula is C24H25N3O4. The van der Waals surface area contributed by atoms with Gasteiger partial charge in [-0.25, -0.2) is 0 Å². The van der Waals surface area contributed by atoms with Crippen LogP contribution in [0, 0.1) is 18.8 Å². The van der Waals surface area contributed by atoms with Crippen LogP contribution in [-0.2, 0) is 26.3 Å². The Labute approximate surface area is 180 Å². The van der Waals surface area contributed by atoms with Crippen molar-refractivity contribution in [1.29, 1.82) is 0 Å². The van der Waals surface area contributed by atoms with E-state index in [0.717, 1.165) is 11.1 Å². The van der Waals surface area contributed by atoms with Crippen LogP contribution in [-0.4, -0.2) is 46.4 Å². The Morgan fingerprint density at radius 2 is 1.84 bits per heavy atom. The van der Waals surface area contributed by atoms with Crippen molar-refractivity contribution < 1.29 is 19.5 Å². The predicted molar refractivity (Wildman–Crippen MR) is 114 cm³/mol. The molecule has 2 aromatic carbocycles. The molecule has 2 aromatic rings. The fraction of sp³-hybridized carbons (Fsp3) is 0.375. The average Bonchev–Trinajstić information content (AvgIpc) is 3.33. The predicted octanol–water partition coefficient (Wildman–Crippen LogP) is 1.34. The molecule has 3 aliphatic rings. The van der Waals surface area contributed by atoms with Crippen LogP contribution in [0.25, 0.3) is 0 Å². The first-order valence-electron chi connectivity index (χ1n) is 10.6. The first-order valence-corrected chi connectivity index (χ1v) is 10.6. The Kier molecular flexibility index (Phi) is 4.50. The molecule has 0 radical (unpaired) electrons. The Morgan fingerprint density at radius 3 is 2.55 bits per heavy atom. The molecule has 0 saturated carbocycles. The minimum absolute atomic E-state index is 0.250. The zero-order valence-electron chi connectivity index (χ0n) is 17.5. The fourth-order valence-electron chi connectivity index (χ4n) is 5.43. The lowest BCUT2D eigenvalue weighted by Gasteiger charge is -2.30. The smallest absolute Gasteiger partial charge is 0.250 e. The second-order valence-corrected chi connectivity index (χ2v) is 8.79. The Bertz CT molecular complexity index is 1080. The summed E-state index contributed by atoms with van der Waals surface area (Å²) in [6, 6.07) is 14.6. The number of hydrogen-bond donors (Lipinski definition) is 3. The molecule has 3 aliphatic heterocycles. The van der Waals surface area contributed by atoms with Crippen molar-refractivity contribution in [3.05, 3.63) is 65.2 Å². The molecule has 3 heterocycles. The second kappa shape index (κ2) is 7.00. The third kappa shape index (κ3) is 2.77. The summed E-state index contributed by atoms with van der Waals surface area (Å²) in [4.78, 5) is 41.5. The van der Waals surface area contributed by atoms with Gasteiger partial charge < -0.3 is 10.4 Å². The van der Waals surface area contributed by atoms with Crippen molar-refractivity contribution in [2.24, 2.45) is 11.8 Å². The number of aliphatic hydroxyl groups is 1. The maximum Gasteiger partial charge on any atom is 0.250 e. The zero-order chi connectivity index (χ0) is 21.9. The largest absolute Gasteiger partial charge is 0.392 e.